The Balaban J connectivity index is 2.19. The van der Waals surface area contributed by atoms with Gasteiger partial charge in [-0.05, 0) is 31.2 Å². The Labute approximate surface area is 114 Å². The van der Waals surface area contributed by atoms with Crippen molar-refractivity contribution in [2.75, 3.05) is 0 Å². The maximum atomic E-state index is 13.4. The van der Waals surface area contributed by atoms with Crippen LogP contribution in [0.3, 0.4) is 0 Å². The van der Waals surface area contributed by atoms with Gasteiger partial charge in [0.1, 0.15) is 24.0 Å². The van der Waals surface area contributed by atoms with Crippen molar-refractivity contribution in [2.45, 2.75) is 13.5 Å². The fourth-order valence-electron chi connectivity index (χ4n) is 1.80. The summed E-state index contributed by atoms with van der Waals surface area (Å²) < 4.78 is 31.6. The number of carboxylic acids is 1. The van der Waals surface area contributed by atoms with Gasteiger partial charge in [0, 0.05) is 17.2 Å². The molecule has 1 N–H and O–H groups in total. The number of ether oxygens (including phenoxy) is 1. The molecule has 0 aromatic heterocycles. The van der Waals surface area contributed by atoms with Crippen LogP contribution in [0.5, 0.6) is 5.75 Å². The Hall–Kier alpha value is -2.43. The first kappa shape index (κ1) is 14.0. The van der Waals surface area contributed by atoms with Crippen molar-refractivity contribution < 1.29 is 23.4 Å². The smallest absolute Gasteiger partial charge is 0.336 e. The van der Waals surface area contributed by atoms with E-state index < -0.39 is 17.6 Å². The van der Waals surface area contributed by atoms with E-state index in [1.165, 1.54) is 12.1 Å². The van der Waals surface area contributed by atoms with Crippen molar-refractivity contribution in [1.82, 2.24) is 0 Å². The molecular formula is C15H12F2O3. The van der Waals surface area contributed by atoms with Crippen molar-refractivity contribution >= 4 is 5.97 Å². The summed E-state index contributed by atoms with van der Waals surface area (Å²) in [5.74, 6) is -2.05. The van der Waals surface area contributed by atoms with Crippen molar-refractivity contribution in [2.24, 2.45) is 0 Å². The van der Waals surface area contributed by atoms with Crippen LogP contribution in [-0.2, 0) is 6.61 Å². The SMILES string of the molecule is Cc1c(OCc2ccc(F)cc2F)cccc1C(=O)O. The van der Waals surface area contributed by atoms with E-state index in [9.17, 15) is 13.6 Å². The predicted molar refractivity (Wildman–Crippen MR) is 68.8 cm³/mol. The van der Waals surface area contributed by atoms with Gasteiger partial charge in [0.15, 0.2) is 0 Å². The summed E-state index contributed by atoms with van der Waals surface area (Å²) in [5, 5.41) is 8.99. The summed E-state index contributed by atoms with van der Waals surface area (Å²) in [5.41, 5.74) is 0.788. The largest absolute Gasteiger partial charge is 0.488 e. The quantitative estimate of drug-likeness (QED) is 0.930. The Morgan fingerprint density at radius 3 is 2.65 bits per heavy atom. The molecular weight excluding hydrogens is 266 g/mol. The van der Waals surface area contributed by atoms with Crippen LogP contribution in [0, 0.1) is 18.6 Å². The third-order valence-corrected chi connectivity index (χ3v) is 2.91. The van der Waals surface area contributed by atoms with Gasteiger partial charge in [0.25, 0.3) is 0 Å². The maximum Gasteiger partial charge on any atom is 0.336 e. The maximum absolute atomic E-state index is 13.4. The minimum absolute atomic E-state index is 0.101. The molecule has 0 saturated heterocycles. The first-order valence-electron chi connectivity index (χ1n) is 5.88. The molecule has 0 fully saturated rings. The number of carboxylic acid groups (broad SMARTS) is 1. The van der Waals surface area contributed by atoms with E-state index in [1.807, 2.05) is 0 Å². The molecule has 0 heterocycles. The molecule has 0 bridgehead atoms. The third-order valence-electron chi connectivity index (χ3n) is 2.91. The monoisotopic (exact) mass is 278 g/mol. The van der Waals surface area contributed by atoms with Gasteiger partial charge in [-0.25, -0.2) is 13.6 Å². The lowest BCUT2D eigenvalue weighted by atomic mass is 10.1. The topological polar surface area (TPSA) is 46.5 Å². The van der Waals surface area contributed by atoms with Crippen LogP contribution in [0.15, 0.2) is 36.4 Å². The molecule has 3 nitrogen and oxygen atoms in total. The van der Waals surface area contributed by atoms with Gasteiger partial charge in [-0.3, -0.25) is 0 Å². The van der Waals surface area contributed by atoms with Crippen molar-refractivity contribution in [3.8, 4) is 5.75 Å². The zero-order chi connectivity index (χ0) is 14.7. The molecule has 2 aromatic rings. The summed E-state index contributed by atoms with van der Waals surface area (Å²) in [6.07, 6.45) is 0. The normalized spacial score (nSPS) is 10.3. The van der Waals surface area contributed by atoms with E-state index in [-0.39, 0.29) is 17.7 Å². The summed E-state index contributed by atoms with van der Waals surface area (Å²) in [7, 11) is 0. The van der Waals surface area contributed by atoms with Crippen molar-refractivity contribution in [3.63, 3.8) is 0 Å². The van der Waals surface area contributed by atoms with Gasteiger partial charge in [-0.1, -0.05) is 6.07 Å². The highest BCUT2D eigenvalue weighted by atomic mass is 19.1. The lowest BCUT2D eigenvalue weighted by molar-refractivity contribution is 0.0695. The third kappa shape index (κ3) is 2.93. The minimum Gasteiger partial charge on any atom is -0.488 e. The molecule has 0 radical (unpaired) electrons. The highest BCUT2D eigenvalue weighted by molar-refractivity contribution is 5.90. The number of rotatable bonds is 4. The first-order valence-corrected chi connectivity index (χ1v) is 5.88. The van der Waals surface area contributed by atoms with E-state index in [1.54, 1.807) is 19.1 Å². The van der Waals surface area contributed by atoms with Crippen LogP contribution in [-0.4, -0.2) is 11.1 Å². The standard InChI is InChI=1S/C15H12F2O3/c1-9-12(15(18)19)3-2-4-14(9)20-8-10-5-6-11(16)7-13(10)17/h2-7H,8H2,1H3,(H,18,19). The molecule has 0 amide bonds. The number of benzene rings is 2. The molecule has 2 aromatic carbocycles. The zero-order valence-corrected chi connectivity index (χ0v) is 10.7. The average Bonchev–Trinajstić information content (AvgIpc) is 2.39. The lowest BCUT2D eigenvalue weighted by Crippen LogP contribution is -2.04. The van der Waals surface area contributed by atoms with E-state index in [0.717, 1.165) is 12.1 Å². The number of hydrogen-bond acceptors (Lipinski definition) is 2. The molecule has 2 rings (SSSR count). The van der Waals surface area contributed by atoms with E-state index in [2.05, 4.69) is 0 Å². The average molecular weight is 278 g/mol. The van der Waals surface area contributed by atoms with Crippen LogP contribution in [0.2, 0.25) is 0 Å². The Morgan fingerprint density at radius 1 is 1.25 bits per heavy atom. The molecule has 0 aliphatic rings. The second-order valence-corrected chi connectivity index (χ2v) is 4.26. The first-order chi connectivity index (χ1) is 9.49. The molecule has 104 valence electrons. The molecule has 0 aliphatic heterocycles. The van der Waals surface area contributed by atoms with Crippen molar-refractivity contribution in [3.05, 3.63) is 64.7 Å². The fraction of sp³-hybridized carbons (Fsp3) is 0.133. The second kappa shape index (κ2) is 5.69. The molecule has 5 heteroatoms. The van der Waals surface area contributed by atoms with E-state index in [0.29, 0.717) is 11.3 Å². The van der Waals surface area contributed by atoms with E-state index in [4.69, 9.17) is 9.84 Å². The summed E-state index contributed by atoms with van der Waals surface area (Å²) in [6, 6.07) is 7.82. The highest BCUT2D eigenvalue weighted by Crippen LogP contribution is 2.23. The number of carbonyl (C=O) groups is 1. The van der Waals surface area contributed by atoms with Gasteiger partial charge in [-0.2, -0.15) is 0 Å². The van der Waals surface area contributed by atoms with Crippen LogP contribution >= 0.6 is 0 Å². The summed E-state index contributed by atoms with van der Waals surface area (Å²) in [4.78, 5) is 11.0. The Bertz CT molecular complexity index is 654. The van der Waals surface area contributed by atoms with Gasteiger partial charge >= 0.3 is 5.97 Å². The predicted octanol–water partition coefficient (Wildman–Crippen LogP) is 3.55. The lowest BCUT2D eigenvalue weighted by Gasteiger charge is -2.11. The summed E-state index contributed by atoms with van der Waals surface area (Å²) in [6.45, 7) is 1.51. The molecule has 0 unspecified atom stereocenters. The molecule has 0 saturated carbocycles. The van der Waals surface area contributed by atoms with E-state index >= 15 is 0 Å². The molecule has 0 spiro atoms. The number of aromatic carboxylic acids is 1. The van der Waals surface area contributed by atoms with Gasteiger partial charge < -0.3 is 9.84 Å². The number of hydrogen-bond donors (Lipinski definition) is 1. The molecule has 20 heavy (non-hydrogen) atoms. The molecule has 0 aliphatic carbocycles. The fourth-order valence-corrected chi connectivity index (χ4v) is 1.80. The van der Waals surface area contributed by atoms with Gasteiger partial charge in [0.2, 0.25) is 0 Å². The minimum atomic E-state index is -1.05. The number of halogens is 2. The second-order valence-electron chi connectivity index (χ2n) is 4.26. The van der Waals surface area contributed by atoms with Crippen LogP contribution in [0.4, 0.5) is 8.78 Å². The highest BCUT2D eigenvalue weighted by Gasteiger charge is 2.12. The van der Waals surface area contributed by atoms with Crippen LogP contribution in [0.1, 0.15) is 21.5 Å². The summed E-state index contributed by atoms with van der Waals surface area (Å²) >= 11 is 0. The van der Waals surface area contributed by atoms with Crippen molar-refractivity contribution in [1.29, 1.82) is 0 Å². The Morgan fingerprint density at radius 2 is 2.00 bits per heavy atom. The van der Waals surface area contributed by atoms with Gasteiger partial charge in [0.05, 0.1) is 5.56 Å². The van der Waals surface area contributed by atoms with Crippen LogP contribution < -0.4 is 4.74 Å². The van der Waals surface area contributed by atoms with Crippen LogP contribution in [0.25, 0.3) is 0 Å². The molecule has 0 atom stereocenters. The van der Waals surface area contributed by atoms with Gasteiger partial charge in [-0.15, -0.1) is 0 Å². The zero-order valence-electron chi connectivity index (χ0n) is 10.7. The Kier molecular flexibility index (Phi) is 3.98.